The van der Waals surface area contributed by atoms with Crippen LogP contribution in [0.25, 0.3) is 0 Å². The molecule has 7 atom stereocenters. The highest BCUT2D eigenvalue weighted by Crippen LogP contribution is 2.28. The number of hydrogen-bond donors (Lipinski definition) is 7. The Balaban J connectivity index is 0.000000202. The number of thiocyanates is 1. The van der Waals surface area contributed by atoms with E-state index in [-0.39, 0.29) is 23.7 Å². The largest absolute Gasteiger partial charge is 0.394 e. The van der Waals surface area contributed by atoms with E-state index in [2.05, 4.69) is 9.97 Å². The van der Waals surface area contributed by atoms with Gasteiger partial charge in [0.25, 0.3) is 5.56 Å². The average Bonchev–Trinajstić information content (AvgIpc) is 3.35. The number of aliphatic hydroxyl groups excluding tert-OH is 5. The summed E-state index contributed by atoms with van der Waals surface area (Å²) in [5.41, 5.74) is 3.29. The Kier molecular flexibility index (Phi) is 8.99. The molecule has 0 radical (unpaired) electrons. The zero-order chi connectivity index (χ0) is 26.6. The first-order valence-corrected chi connectivity index (χ1v) is 11.3. The molecule has 0 spiro atoms. The molecular weight excluding hydrogens is 504 g/mol. The summed E-state index contributed by atoms with van der Waals surface area (Å²) in [6.07, 6.45) is -4.37. The topological polar surface area (TPSA) is 259 Å². The molecule has 2 aromatic heterocycles. The number of hydrogen-bond acceptors (Lipinski definition) is 14. The van der Waals surface area contributed by atoms with Gasteiger partial charge in [-0.15, -0.1) is 0 Å². The summed E-state index contributed by atoms with van der Waals surface area (Å²) in [7, 11) is 0. The van der Waals surface area contributed by atoms with Gasteiger partial charge in [-0.05, 0) is 17.8 Å². The van der Waals surface area contributed by atoms with E-state index < -0.39 is 66.5 Å². The fraction of sp³-hybridized carbons (Fsp3) is 0.526. The van der Waals surface area contributed by atoms with Crippen LogP contribution in [0.3, 0.4) is 0 Å². The predicted molar refractivity (Wildman–Crippen MR) is 120 cm³/mol. The molecule has 2 aliphatic rings. The van der Waals surface area contributed by atoms with Crippen LogP contribution in [0.5, 0.6) is 0 Å². The van der Waals surface area contributed by atoms with Gasteiger partial charge in [0.15, 0.2) is 6.23 Å². The second-order valence-corrected chi connectivity index (χ2v) is 8.57. The van der Waals surface area contributed by atoms with Crippen LogP contribution in [0.2, 0.25) is 0 Å². The Hall–Kier alpha value is -3.08. The number of nitrogens with zero attached hydrogens (tertiary/aromatic N) is 4. The van der Waals surface area contributed by atoms with Gasteiger partial charge in [0, 0.05) is 18.8 Å². The number of nitriles is 1. The minimum absolute atomic E-state index is 0.0537. The first-order chi connectivity index (χ1) is 17.1. The highest BCUT2D eigenvalue weighted by Gasteiger charge is 2.43. The third-order valence-corrected chi connectivity index (χ3v) is 6.03. The number of thioether (sulfide) groups is 1. The molecule has 17 heteroatoms. The van der Waals surface area contributed by atoms with E-state index in [0.29, 0.717) is 11.8 Å². The Morgan fingerprint density at radius 3 is 2.39 bits per heavy atom. The fourth-order valence-electron chi connectivity index (χ4n) is 3.58. The van der Waals surface area contributed by atoms with Gasteiger partial charge in [0.2, 0.25) is 0 Å². The summed E-state index contributed by atoms with van der Waals surface area (Å²) >= 11 is 0.626. The maximum absolute atomic E-state index is 11.7. The lowest BCUT2D eigenvalue weighted by Gasteiger charge is -2.16. The summed E-state index contributed by atoms with van der Waals surface area (Å²) in [6.45, 7) is -0.818. The Morgan fingerprint density at radius 2 is 1.83 bits per heavy atom. The molecule has 2 aromatic rings. The normalized spacial score (nSPS) is 29.4. The molecule has 0 aromatic carbocycles. The zero-order valence-corrected chi connectivity index (χ0v) is 19.3. The number of H-pyrrole nitrogens is 1. The fourth-order valence-corrected chi connectivity index (χ4v) is 3.99. The number of rotatable bonds is 5. The van der Waals surface area contributed by atoms with E-state index in [0.717, 1.165) is 9.13 Å². The molecule has 4 heterocycles. The SMILES string of the molecule is N#CSc1cn([C@H]2C[C@H](O)[C@@H](CO)O2)c(=O)[nH]c1=O.Nc1ccn([C@@H]2O[C@H](CO)[C@@H](O)[C@H]2O)c(=O)n1. The first-order valence-electron chi connectivity index (χ1n) is 10.4. The van der Waals surface area contributed by atoms with E-state index in [4.69, 9.17) is 30.7 Å². The Morgan fingerprint density at radius 1 is 1.14 bits per heavy atom. The second-order valence-electron chi connectivity index (χ2n) is 7.74. The summed E-state index contributed by atoms with van der Waals surface area (Å²) in [6, 6.07) is 1.37. The minimum Gasteiger partial charge on any atom is -0.394 e. The number of aromatic nitrogens is 4. The van der Waals surface area contributed by atoms with Crippen molar-refractivity contribution >= 4 is 17.6 Å². The van der Waals surface area contributed by atoms with Crippen molar-refractivity contribution < 1.29 is 35.0 Å². The lowest BCUT2D eigenvalue weighted by Crippen LogP contribution is -2.36. The summed E-state index contributed by atoms with van der Waals surface area (Å²) in [5.74, 6) is 0.0537. The van der Waals surface area contributed by atoms with Gasteiger partial charge < -0.3 is 40.7 Å². The molecule has 36 heavy (non-hydrogen) atoms. The lowest BCUT2D eigenvalue weighted by atomic mass is 10.1. The van der Waals surface area contributed by atoms with Gasteiger partial charge in [-0.3, -0.25) is 18.9 Å². The number of anilines is 1. The van der Waals surface area contributed by atoms with Gasteiger partial charge in [0.05, 0.1) is 19.3 Å². The van der Waals surface area contributed by atoms with Crippen LogP contribution in [0.15, 0.2) is 37.7 Å². The number of aromatic amines is 1. The number of nitrogens with two attached hydrogens (primary N) is 1. The van der Waals surface area contributed by atoms with Gasteiger partial charge in [-0.1, -0.05) is 0 Å². The van der Waals surface area contributed by atoms with Crippen LogP contribution in [0, 0.1) is 10.7 Å². The Labute approximate surface area is 205 Å². The van der Waals surface area contributed by atoms with Crippen molar-refractivity contribution in [2.75, 3.05) is 18.9 Å². The average molecular weight is 529 g/mol. The van der Waals surface area contributed by atoms with E-state index in [1.54, 1.807) is 5.40 Å². The zero-order valence-electron chi connectivity index (χ0n) is 18.4. The standard InChI is InChI=1S/C10H11N3O5S.C9H13N3O5/c11-4-19-7-2-13(10(17)12-9(7)16)8-1-5(15)6(3-14)18-8;10-5-1-2-12(9(16)11-5)8-7(15)6(14)4(3-13)17-8/h2,5-6,8,14-15H,1,3H2,(H,12,16,17);1-2,4,6-8,13-15H,3H2,(H2,10,11,16)/t5-,6+,8+;4-,6-,7-,8-/m01/s1. The molecule has 2 aliphatic heterocycles. The van der Waals surface area contributed by atoms with Crippen molar-refractivity contribution in [2.45, 2.75) is 54.3 Å². The van der Waals surface area contributed by atoms with Crippen molar-refractivity contribution in [1.29, 1.82) is 5.26 Å². The van der Waals surface area contributed by atoms with Crippen LogP contribution in [-0.4, -0.2) is 88.4 Å². The molecule has 0 aliphatic carbocycles. The number of nitrogen functional groups attached to an aromatic ring is 1. The van der Waals surface area contributed by atoms with Gasteiger partial charge in [-0.2, -0.15) is 10.2 Å². The summed E-state index contributed by atoms with van der Waals surface area (Å²) in [5, 5.41) is 57.0. The van der Waals surface area contributed by atoms with Crippen LogP contribution in [-0.2, 0) is 9.47 Å². The molecule has 0 amide bonds. The van der Waals surface area contributed by atoms with E-state index >= 15 is 0 Å². The predicted octanol–water partition coefficient (Wildman–Crippen LogP) is -3.81. The van der Waals surface area contributed by atoms with Gasteiger partial charge >= 0.3 is 11.4 Å². The molecule has 16 nitrogen and oxygen atoms in total. The third-order valence-electron chi connectivity index (χ3n) is 5.43. The molecule has 0 unspecified atom stereocenters. The van der Waals surface area contributed by atoms with Gasteiger partial charge in [-0.25, -0.2) is 9.59 Å². The van der Waals surface area contributed by atoms with Crippen LogP contribution in [0.4, 0.5) is 5.82 Å². The molecule has 8 N–H and O–H groups in total. The summed E-state index contributed by atoms with van der Waals surface area (Å²) < 4.78 is 12.6. The lowest BCUT2D eigenvalue weighted by molar-refractivity contribution is -0.0549. The van der Waals surface area contributed by atoms with Gasteiger partial charge in [0.1, 0.15) is 46.8 Å². The smallest absolute Gasteiger partial charge is 0.351 e. The third kappa shape index (κ3) is 5.83. The first kappa shape index (κ1) is 27.5. The molecule has 0 bridgehead atoms. The van der Waals surface area contributed by atoms with E-state index in [1.807, 2.05) is 0 Å². The molecular formula is C19H24N6O10S. The number of ether oxygens (including phenoxy) is 2. The van der Waals surface area contributed by atoms with Crippen LogP contribution < -0.4 is 22.7 Å². The monoisotopic (exact) mass is 528 g/mol. The minimum atomic E-state index is -1.31. The Bertz CT molecular complexity index is 1270. The second kappa shape index (κ2) is 11.8. The maximum atomic E-state index is 11.7. The van der Waals surface area contributed by atoms with E-state index in [9.17, 15) is 29.7 Å². The highest BCUT2D eigenvalue weighted by molar-refractivity contribution is 8.03. The quantitative estimate of drug-likeness (QED) is 0.145. The molecule has 0 saturated carbocycles. The van der Waals surface area contributed by atoms with Crippen molar-refractivity contribution in [1.82, 2.24) is 19.1 Å². The molecule has 2 saturated heterocycles. The van der Waals surface area contributed by atoms with E-state index in [1.165, 1.54) is 18.5 Å². The van der Waals surface area contributed by atoms with Crippen LogP contribution >= 0.6 is 11.8 Å². The van der Waals surface area contributed by atoms with Crippen molar-refractivity contribution in [2.24, 2.45) is 0 Å². The van der Waals surface area contributed by atoms with Crippen molar-refractivity contribution in [3.8, 4) is 5.40 Å². The van der Waals surface area contributed by atoms with Crippen molar-refractivity contribution in [3.63, 3.8) is 0 Å². The summed E-state index contributed by atoms with van der Waals surface area (Å²) in [4.78, 5) is 40.2. The molecule has 2 fully saturated rings. The molecule has 196 valence electrons. The number of aliphatic hydroxyl groups is 5. The number of nitrogens with one attached hydrogen (secondary N) is 1. The van der Waals surface area contributed by atoms with Crippen molar-refractivity contribution in [3.05, 3.63) is 49.8 Å². The van der Waals surface area contributed by atoms with Crippen LogP contribution in [0.1, 0.15) is 18.9 Å². The molecule has 4 rings (SSSR count). The maximum Gasteiger partial charge on any atom is 0.351 e. The highest BCUT2D eigenvalue weighted by atomic mass is 32.2.